The van der Waals surface area contributed by atoms with Gasteiger partial charge in [-0.25, -0.2) is 0 Å². The summed E-state index contributed by atoms with van der Waals surface area (Å²) in [6.45, 7) is 12.8. The van der Waals surface area contributed by atoms with Crippen LogP contribution in [0.2, 0.25) is 0 Å². The summed E-state index contributed by atoms with van der Waals surface area (Å²) in [6.07, 6.45) is 2.43. The van der Waals surface area contributed by atoms with E-state index in [9.17, 15) is 0 Å². The zero-order valence-corrected chi connectivity index (χ0v) is 13.8. The van der Waals surface area contributed by atoms with Crippen molar-refractivity contribution in [3.8, 4) is 5.75 Å². The number of ether oxygens (including phenoxy) is 2. The lowest BCUT2D eigenvalue weighted by atomic mass is 9.85. The van der Waals surface area contributed by atoms with Gasteiger partial charge in [0.2, 0.25) is 0 Å². The average molecular weight is 278 g/mol. The van der Waals surface area contributed by atoms with Gasteiger partial charge in [-0.2, -0.15) is 0 Å². The Morgan fingerprint density at radius 1 is 0.950 bits per heavy atom. The van der Waals surface area contributed by atoms with E-state index >= 15 is 0 Å². The quantitative estimate of drug-likeness (QED) is 0.595. The summed E-state index contributed by atoms with van der Waals surface area (Å²) in [5, 5.41) is 0. The molecule has 0 bridgehead atoms. The van der Waals surface area contributed by atoms with E-state index in [1.54, 1.807) is 0 Å². The fraction of sp³-hybridized carbons (Fsp3) is 0.667. The molecule has 1 rings (SSSR count). The van der Waals surface area contributed by atoms with Crippen LogP contribution in [0, 0.1) is 5.92 Å². The van der Waals surface area contributed by atoms with Crippen molar-refractivity contribution in [2.24, 2.45) is 5.92 Å². The lowest BCUT2D eigenvalue weighted by Crippen LogP contribution is -2.20. The molecule has 1 aromatic carbocycles. The molecule has 2 atom stereocenters. The summed E-state index contributed by atoms with van der Waals surface area (Å²) in [4.78, 5) is 0. The molecular formula is C18H30O2. The maximum absolute atomic E-state index is 5.76. The van der Waals surface area contributed by atoms with Gasteiger partial charge in [-0.15, -0.1) is 0 Å². The predicted molar refractivity (Wildman–Crippen MR) is 85.2 cm³/mol. The number of rotatable bonds is 8. The Kier molecular flexibility index (Phi) is 7.08. The minimum absolute atomic E-state index is 0.180. The van der Waals surface area contributed by atoms with Crippen LogP contribution in [0.15, 0.2) is 24.3 Å². The van der Waals surface area contributed by atoms with E-state index in [-0.39, 0.29) is 12.4 Å². The van der Waals surface area contributed by atoms with Crippen molar-refractivity contribution in [1.29, 1.82) is 0 Å². The number of benzene rings is 1. The van der Waals surface area contributed by atoms with Crippen molar-refractivity contribution >= 4 is 0 Å². The molecule has 0 aliphatic carbocycles. The molecule has 114 valence electrons. The van der Waals surface area contributed by atoms with E-state index in [0.717, 1.165) is 5.75 Å². The van der Waals surface area contributed by atoms with Crippen LogP contribution in [0.3, 0.4) is 0 Å². The molecule has 0 amide bonds. The molecule has 0 radical (unpaired) electrons. The maximum Gasteiger partial charge on any atom is 0.197 e. The fourth-order valence-electron chi connectivity index (χ4n) is 2.59. The largest absolute Gasteiger partial charge is 0.465 e. The molecule has 1 aromatic rings. The zero-order chi connectivity index (χ0) is 15.1. The van der Waals surface area contributed by atoms with Gasteiger partial charge in [0.1, 0.15) is 5.75 Å². The minimum Gasteiger partial charge on any atom is -0.465 e. The summed E-state index contributed by atoms with van der Waals surface area (Å²) in [7, 11) is 0. The third-order valence-corrected chi connectivity index (χ3v) is 3.48. The van der Waals surface area contributed by atoms with Crippen LogP contribution in [-0.4, -0.2) is 12.4 Å². The maximum atomic E-state index is 5.76. The topological polar surface area (TPSA) is 18.5 Å². The third-order valence-electron chi connectivity index (χ3n) is 3.48. The first kappa shape index (κ1) is 17.0. The van der Waals surface area contributed by atoms with Crippen LogP contribution in [0.1, 0.15) is 65.9 Å². The Labute approximate surface area is 124 Å². The number of hydrogen-bond acceptors (Lipinski definition) is 2. The van der Waals surface area contributed by atoms with Crippen LogP contribution in [0.4, 0.5) is 0 Å². The summed E-state index contributed by atoms with van der Waals surface area (Å²) in [5.74, 6) is 2.18. The highest BCUT2D eigenvalue weighted by Crippen LogP contribution is 2.30. The van der Waals surface area contributed by atoms with Gasteiger partial charge in [0.05, 0.1) is 6.10 Å². The zero-order valence-electron chi connectivity index (χ0n) is 13.8. The highest BCUT2D eigenvalue weighted by atomic mass is 16.7. The molecule has 2 heteroatoms. The molecule has 2 nitrogen and oxygen atoms in total. The first-order valence-corrected chi connectivity index (χ1v) is 7.86. The monoisotopic (exact) mass is 278 g/mol. The van der Waals surface area contributed by atoms with Gasteiger partial charge in [-0.1, -0.05) is 39.3 Å². The molecule has 0 saturated carbocycles. The first-order valence-electron chi connectivity index (χ1n) is 7.86. The highest BCUT2D eigenvalue weighted by molar-refractivity contribution is 5.29. The Hall–Kier alpha value is -1.02. The normalized spacial score (nSPS) is 14.6. The molecular weight excluding hydrogens is 248 g/mol. The molecule has 0 spiro atoms. The molecule has 0 heterocycles. The molecule has 0 fully saturated rings. The smallest absolute Gasteiger partial charge is 0.197 e. The van der Waals surface area contributed by atoms with Crippen molar-refractivity contribution in [3.05, 3.63) is 29.8 Å². The molecule has 20 heavy (non-hydrogen) atoms. The van der Waals surface area contributed by atoms with E-state index in [4.69, 9.17) is 9.47 Å². The summed E-state index contributed by atoms with van der Waals surface area (Å²) < 4.78 is 11.3. The van der Waals surface area contributed by atoms with E-state index in [2.05, 4.69) is 45.0 Å². The molecule has 0 N–H and O–H groups in total. The van der Waals surface area contributed by atoms with Crippen molar-refractivity contribution in [3.63, 3.8) is 0 Å². The third kappa shape index (κ3) is 5.54. The Bertz CT molecular complexity index is 368. The summed E-state index contributed by atoms with van der Waals surface area (Å²) in [5.41, 5.74) is 1.41. The second-order valence-corrected chi connectivity index (χ2v) is 6.08. The Morgan fingerprint density at radius 3 is 2.00 bits per heavy atom. The van der Waals surface area contributed by atoms with Crippen LogP contribution >= 0.6 is 0 Å². The van der Waals surface area contributed by atoms with Crippen molar-refractivity contribution < 1.29 is 9.47 Å². The van der Waals surface area contributed by atoms with Crippen molar-refractivity contribution in [1.82, 2.24) is 0 Å². The standard InChI is InChI=1S/C18H30O2/c1-7-8-18(13(2)3)16-9-11-17(12-10-16)20-15(6)19-14(4)5/h9-15,18H,7-8H2,1-6H3. The lowest BCUT2D eigenvalue weighted by molar-refractivity contribution is -0.0950. The highest BCUT2D eigenvalue weighted by Gasteiger charge is 2.15. The van der Waals surface area contributed by atoms with E-state index in [1.165, 1.54) is 18.4 Å². The minimum atomic E-state index is -0.211. The SMILES string of the molecule is CCCC(c1ccc(OC(C)OC(C)C)cc1)C(C)C. The summed E-state index contributed by atoms with van der Waals surface area (Å²) in [6, 6.07) is 8.50. The molecule has 0 aliphatic rings. The van der Waals surface area contributed by atoms with Crippen LogP contribution in [0.5, 0.6) is 5.75 Å². The van der Waals surface area contributed by atoms with Gasteiger partial charge in [0, 0.05) is 0 Å². The molecule has 0 aromatic heterocycles. The predicted octanol–water partition coefficient (Wildman–Crippen LogP) is 5.38. The van der Waals surface area contributed by atoms with Gasteiger partial charge in [-0.05, 0) is 56.7 Å². The average Bonchev–Trinajstić information content (AvgIpc) is 2.35. The second kappa shape index (κ2) is 8.31. The van der Waals surface area contributed by atoms with E-state index < -0.39 is 0 Å². The lowest BCUT2D eigenvalue weighted by Gasteiger charge is -2.22. The van der Waals surface area contributed by atoms with Gasteiger partial charge in [-0.3, -0.25) is 0 Å². The van der Waals surface area contributed by atoms with Gasteiger partial charge >= 0.3 is 0 Å². The van der Waals surface area contributed by atoms with E-state index in [0.29, 0.717) is 11.8 Å². The van der Waals surface area contributed by atoms with Crippen LogP contribution in [-0.2, 0) is 4.74 Å². The summed E-state index contributed by atoms with van der Waals surface area (Å²) >= 11 is 0. The fourth-order valence-corrected chi connectivity index (χ4v) is 2.59. The van der Waals surface area contributed by atoms with Gasteiger partial charge in [0.25, 0.3) is 0 Å². The Morgan fingerprint density at radius 2 is 1.55 bits per heavy atom. The second-order valence-electron chi connectivity index (χ2n) is 6.08. The Balaban J connectivity index is 2.67. The van der Waals surface area contributed by atoms with Crippen molar-refractivity contribution in [2.45, 2.75) is 72.7 Å². The van der Waals surface area contributed by atoms with Crippen LogP contribution in [0.25, 0.3) is 0 Å². The molecule has 0 saturated heterocycles. The van der Waals surface area contributed by atoms with Crippen molar-refractivity contribution in [2.75, 3.05) is 0 Å². The number of hydrogen-bond donors (Lipinski definition) is 0. The van der Waals surface area contributed by atoms with E-state index in [1.807, 2.05) is 20.8 Å². The van der Waals surface area contributed by atoms with Gasteiger partial charge < -0.3 is 9.47 Å². The molecule has 0 aliphatic heterocycles. The molecule has 2 unspecified atom stereocenters. The van der Waals surface area contributed by atoms with Crippen LogP contribution < -0.4 is 4.74 Å². The first-order chi connectivity index (χ1) is 9.43. The van der Waals surface area contributed by atoms with Gasteiger partial charge in [0.15, 0.2) is 6.29 Å².